The van der Waals surface area contributed by atoms with Crippen LogP contribution in [0.2, 0.25) is 0 Å². The maximum absolute atomic E-state index is 13.8. The lowest BCUT2D eigenvalue weighted by atomic mass is 9.93. The molecule has 1 aromatic heterocycles. The van der Waals surface area contributed by atoms with E-state index in [9.17, 15) is 4.39 Å². The summed E-state index contributed by atoms with van der Waals surface area (Å²) >= 11 is 0. The van der Waals surface area contributed by atoms with Crippen LogP contribution in [-0.2, 0) is 6.54 Å². The Hall–Kier alpha value is -2.29. The molecule has 0 fully saturated rings. The number of halogens is 1. The second-order valence-electron chi connectivity index (χ2n) is 5.51. The van der Waals surface area contributed by atoms with Crippen molar-refractivity contribution in [3.63, 3.8) is 0 Å². The zero-order valence-electron chi connectivity index (χ0n) is 11.6. The van der Waals surface area contributed by atoms with Crippen LogP contribution in [-0.4, -0.2) is 11.2 Å². The third-order valence-electron chi connectivity index (χ3n) is 4.26. The van der Waals surface area contributed by atoms with Gasteiger partial charge in [-0.05, 0) is 36.2 Å². The van der Waals surface area contributed by atoms with E-state index >= 15 is 0 Å². The van der Waals surface area contributed by atoms with Gasteiger partial charge in [-0.2, -0.15) is 0 Å². The number of fused-ring (bicyclic) bond motifs is 2. The van der Waals surface area contributed by atoms with Crippen molar-refractivity contribution in [3.05, 3.63) is 66.1 Å². The van der Waals surface area contributed by atoms with Crippen molar-refractivity contribution in [2.45, 2.75) is 18.9 Å². The van der Waals surface area contributed by atoms with Crippen molar-refractivity contribution in [3.8, 4) is 5.75 Å². The Morgan fingerprint density at radius 2 is 2.00 bits per heavy atom. The van der Waals surface area contributed by atoms with E-state index in [0.29, 0.717) is 11.3 Å². The van der Waals surface area contributed by atoms with Gasteiger partial charge in [0.05, 0.1) is 12.1 Å². The number of rotatable bonds is 2. The fourth-order valence-electron chi connectivity index (χ4n) is 3.19. The molecule has 0 aliphatic carbocycles. The normalized spacial score (nSPS) is 17.5. The lowest BCUT2D eigenvalue weighted by Crippen LogP contribution is -2.18. The molecule has 1 unspecified atom stereocenters. The largest absolute Gasteiger partial charge is 0.493 e. The SMILES string of the molecule is Fc1cccc2c1ccn2CC1CCOc2ccccc21. The fraction of sp³-hybridized carbons (Fsp3) is 0.222. The first-order chi connectivity index (χ1) is 10.3. The van der Waals surface area contributed by atoms with Gasteiger partial charge in [0.2, 0.25) is 0 Å². The molecule has 1 aliphatic heterocycles. The van der Waals surface area contributed by atoms with Crippen LogP contribution in [0.25, 0.3) is 10.9 Å². The lowest BCUT2D eigenvalue weighted by molar-refractivity contribution is 0.259. The molecular weight excluding hydrogens is 265 g/mol. The monoisotopic (exact) mass is 281 g/mol. The minimum atomic E-state index is -0.154. The molecule has 3 aromatic rings. The molecule has 0 N–H and O–H groups in total. The van der Waals surface area contributed by atoms with E-state index in [-0.39, 0.29) is 5.82 Å². The highest BCUT2D eigenvalue weighted by atomic mass is 19.1. The maximum Gasteiger partial charge on any atom is 0.132 e. The van der Waals surface area contributed by atoms with Crippen molar-refractivity contribution in [2.24, 2.45) is 0 Å². The Morgan fingerprint density at radius 1 is 1.10 bits per heavy atom. The summed E-state index contributed by atoms with van der Waals surface area (Å²) in [6.45, 7) is 1.60. The van der Waals surface area contributed by atoms with Crippen LogP contribution >= 0.6 is 0 Å². The van der Waals surface area contributed by atoms with Gasteiger partial charge in [-0.1, -0.05) is 24.3 Å². The first-order valence-corrected chi connectivity index (χ1v) is 7.28. The van der Waals surface area contributed by atoms with E-state index in [1.165, 1.54) is 11.6 Å². The zero-order valence-corrected chi connectivity index (χ0v) is 11.6. The van der Waals surface area contributed by atoms with Crippen molar-refractivity contribution < 1.29 is 9.13 Å². The molecule has 0 spiro atoms. The Labute approximate surface area is 122 Å². The Bertz CT molecular complexity index is 793. The van der Waals surface area contributed by atoms with Gasteiger partial charge in [-0.25, -0.2) is 4.39 Å². The summed E-state index contributed by atoms with van der Waals surface area (Å²) in [5.41, 5.74) is 2.21. The predicted molar refractivity (Wildman–Crippen MR) is 81.2 cm³/mol. The van der Waals surface area contributed by atoms with E-state index in [1.54, 1.807) is 6.07 Å². The standard InChI is InChI=1S/C18H16FNO/c19-16-5-3-6-17-15(16)8-10-20(17)12-13-9-11-21-18-7-2-1-4-14(13)18/h1-8,10,13H,9,11-12H2. The van der Waals surface area contributed by atoms with Crippen molar-refractivity contribution in [1.29, 1.82) is 0 Å². The molecule has 0 amide bonds. The second kappa shape index (κ2) is 4.92. The highest BCUT2D eigenvalue weighted by Crippen LogP contribution is 2.35. The number of aromatic nitrogens is 1. The molecule has 2 heterocycles. The van der Waals surface area contributed by atoms with Gasteiger partial charge in [0.1, 0.15) is 11.6 Å². The first kappa shape index (κ1) is 12.5. The molecule has 0 saturated heterocycles. The van der Waals surface area contributed by atoms with E-state index in [2.05, 4.69) is 10.6 Å². The first-order valence-electron chi connectivity index (χ1n) is 7.28. The topological polar surface area (TPSA) is 14.2 Å². The summed E-state index contributed by atoms with van der Waals surface area (Å²) in [6.07, 6.45) is 2.97. The fourth-order valence-corrected chi connectivity index (χ4v) is 3.19. The molecule has 21 heavy (non-hydrogen) atoms. The van der Waals surface area contributed by atoms with Crippen LogP contribution in [0.5, 0.6) is 5.75 Å². The van der Waals surface area contributed by atoms with Crippen LogP contribution in [0.4, 0.5) is 4.39 Å². The molecule has 2 nitrogen and oxygen atoms in total. The van der Waals surface area contributed by atoms with E-state index < -0.39 is 0 Å². The summed E-state index contributed by atoms with van der Waals surface area (Å²) in [7, 11) is 0. The average Bonchev–Trinajstić information content (AvgIpc) is 2.92. The molecule has 3 heteroatoms. The third-order valence-corrected chi connectivity index (χ3v) is 4.26. The molecule has 0 radical (unpaired) electrons. The molecule has 4 rings (SSSR count). The average molecular weight is 281 g/mol. The Morgan fingerprint density at radius 3 is 2.95 bits per heavy atom. The third kappa shape index (κ3) is 2.09. The lowest BCUT2D eigenvalue weighted by Gasteiger charge is -2.26. The number of benzene rings is 2. The summed E-state index contributed by atoms with van der Waals surface area (Å²) in [6, 6.07) is 15.3. The zero-order chi connectivity index (χ0) is 14.2. The number of para-hydroxylation sites is 1. The van der Waals surface area contributed by atoms with E-state index in [1.807, 2.05) is 36.5 Å². The van der Waals surface area contributed by atoms with Crippen LogP contribution in [0.3, 0.4) is 0 Å². The van der Waals surface area contributed by atoms with Crippen LogP contribution in [0.1, 0.15) is 17.9 Å². The predicted octanol–water partition coefficient (Wildman–Crippen LogP) is 4.35. The summed E-state index contributed by atoms with van der Waals surface area (Å²) in [5, 5.41) is 0.692. The van der Waals surface area contributed by atoms with Crippen LogP contribution < -0.4 is 4.74 Å². The number of hydrogen-bond donors (Lipinski definition) is 0. The van der Waals surface area contributed by atoms with Gasteiger partial charge in [-0.15, -0.1) is 0 Å². The van der Waals surface area contributed by atoms with E-state index in [4.69, 9.17) is 4.74 Å². The Balaban J connectivity index is 1.71. The van der Waals surface area contributed by atoms with E-state index in [0.717, 1.165) is 30.8 Å². The van der Waals surface area contributed by atoms with Gasteiger partial charge in [0.15, 0.2) is 0 Å². The summed E-state index contributed by atoms with van der Waals surface area (Å²) < 4.78 is 21.6. The smallest absolute Gasteiger partial charge is 0.132 e. The van der Waals surface area contributed by atoms with Gasteiger partial charge < -0.3 is 9.30 Å². The van der Waals surface area contributed by atoms with Crippen molar-refractivity contribution in [2.75, 3.05) is 6.61 Å². The maximum atomic E-state index is 13.8. The molecule has 1 aliphatic rings. The molecule has 106 valence electrons. The van der Waals surface area contributed by atoms with Crippen molar-refractivity contribution >= 4 is 10.9 Å². The molecule has 0 bridgehead atoms. The summed E-state index contributed by atoms with van der Waals surface area (Å²) in [4.78, 5) is 0. The second-order valence-corrected chi connectivity index (χ2v) is 5.51. The molecule has 2 aromatic carbocycles. The van der Waals surface area contributed by atoms with Gasteiger partial charge in [0.25, 0.3) is 0 Å². The molecule has 1 atom stereocenters. The number of hydrogen-bond acceptors (Lipinski definition) is 1. The van der Waals surface area contributed by atoms with Gasteiger partial charge >= 0.3 is 0 Å². The highest BCUT2D eigenvalue weighted by molar-refractivity contribution is 5.80. The molecule has 0 saturated carbocycles. The number of nitrogens with zero attached hydrogens (tertiary/aromatic N) is 1. The van der Waals surface area contributed by atoms with Crippen LogP contribution in [0, 0.1) is 5.82 Å². The quantitative estimate of drug-likeness (QED) is 0.681. The van der Waals surface area contributed by atoms with Crippen LogP contribution in [0.15, 0.2) is 54.7 Å². The minimum Gasteiger partial charge on any atom is -0.493 e. The van der Waals surface area contributed by atoms with Crippen molar-refractivity contribution in [1.82, 2.24) is 4.57 Å². The molecular formula is C18H16FNO. The van der Waals surface area contributed by atoms with Gasteiger partial charge in [-0.3, -0.25) is 0 Å². The highest BCUT2D eigenvalue weighted by Gasteiger charge is 2.21. The van der Waals surface area contributed by atoms with Gasteiger partial charge in [0, 0.05) is 24.0 Å². The summed E-state index contributed by atoms with van der Waals surface area (Å²) in [5.74, 6) is 1.24. The number of ether oxygens (including phenoxy) is 1. The minimum absolute atomic E-state index is 0.154. The Kier molecular flexibility index (Phi) is 2.92.